The topological polar surface area (TPSA) is 70.2 Å². The maximum absolute atomic E-state index is 12.3. The van der Waals surface area contributed by atoms with Crippen LogP contribution in [0.15, 0.2) is 24.3 Å². The Kier molecular flexibility index (Phi) is 9.18. The lowest BCUT2D eigenvalue weighted by atomic mass is 10.1. The highest BCUT2D eigenvalue weighted by atomic mass is 35.5. The molecule has 0 radical (unpaired) electrons. The van der Waals surface area contributed by atoms with Crippen LogP contribution in [0, 0.1) is 5.92 Å². The van der Waals surface area contributed by atoms with Gasteiger partial charge in [0.15, 0.2) is 0 Å². The first kappa shape index (κ1) is 20.8. The molecular formula is C17H26ClN3O2S. The van der Waals surface area contributed by atoms with Crippen LogP contribution in [-0.2, 0) is 4.79 Å². The lowest BCUT2D eigenvalue weighted by Crippen LogP contribution is -2.40. The van der Waals surface area contributed by atoms with Crippen LogP contribution in [0.25, 0.3) is 0 Å². The van der Waals surface area contributed by atoms with Gasteiger partial charge in [-0.25, -0.2) is 0 Å². The minimum absolute atomic E-state index is 0. The average Bonchev–Trinajstić information content (AvgIpc) is 2.54. The van der Waals surface area contributed by atoms with Gasteiger partial charge in [0.05, 0.1) is 11.3 Å². The van der Waals surface area contributed by atoms with Gasteiger partial charge in [0.1, 0.15) is 0 Å². The fourth-order valence-electron chi connectivity index (χ4n) is 2.36. The molecule has 7 heteroatoms. The second kappa shape index (κ2) is 10.6. The quantitative estimate of drug-likeness (QED) is 0.718. The van der Waals surface area contributed by atoms with Crippen molar-refractivity contribution in [2.24, 2.45) is 5.92 Å². The van der Waals surface area contributed by atoms with Gasteiger partial charge in [-0.1, -0.05) is 26.0 Å². The number of rotatable bonds is 6. The molecule has 2 rings (SSSR count). The van der Waals surface area contributed by atoms with Gasteiger partial charge >= 0.3 is 0 Å². The largest absolute Gasteiger partial charge is 0.352 e. The van der Waals surface area contributed by atoms with Crippen LogP contribution in [0.3, 0.4) is 0 Å². The molecule has 1 saturated heterocycles. The number of carbonyl (C=O) groups is 2. The number of nitrogens with one attached hydrogen (secondary N) is 3. The van der Waals surface area contributed by atoms with E-state index in [1.54, 1.807) is 18.2 Å². The summed E-state index contributed by atoms with van der Waals surface area (Å²) in [6.45, 7) is 5.65. The summed E-state index contributed by atoms with van der Waals surface area (Å²) in [7, 11) is 0. The summed E-state index contributed by atoms with van der Waals surface area (Å²) < 4.78 is 0. The monoisotopic (exact) mass is 371 g/mol. The summed E-state index contributed by atoms with van der Waals surface area (Å²) >= 11 is 1.86. The van der Waals surface area contributed by atoms with Crippen molar-refractivity contribution in [1.29, 1.82) is 0 Å². The van der Waals surface area contributed by atoms with Crippen molar-refractivity contribution in [2.45, 2.75) is 26.3 Å². The molecular weight excluding hydrogens is 346 g/mol. The SMILES string of the molecule is CC(C)CNC(=O)c1ccccc1NC(=O)CC1CSCCN1.Cl. The van der Waals surface area contributed by atoms with Crippen molar-refractivity contribution in [3.05, 3.63) is 29.8 Å². The fourth-order valence-corrected chi connectivity index (χ4v) is 3.31. The van der Waals surface area contributed by atoms with E-state index in [1.807, 2.05) is 31.7 Å². The minimum Gasteiger partial charge on any atom is -0.352 e. The van der Waals surface area contributed by atoms with Gasteiger partial charge in [0.2, 0.25) is 5.91 Å². The van der Waals surface area contributed by atoms with E-state index in [0.717, 1.165) is 18.1 Å². The molecule has 1 unspecified atom stereocenters. The van der Waals surface area contributed by atoms with Crippen LogP contribution in [0.4, 0.5) is 5.69 Å². The van der Waals surface area contributed by atoms with Crippen molar-refractivity contribution < 1.29 is 9.59 Å². The third-order valence-electron chi connectivity index (χ3n) is 3.55. The summed E-state index contributed by atoms with van der Waals surface area (Å²) in [5.41, 5.74) is 1.08. The highest BCUT2D eigenvalue weighted by Gasteiger charge is 2.18. The van der Waals surface area contributed by atoms with Gasteiger partial charge in [-0.2, -0.15) is 11.8 Å². The van der Waals surface area contributed by atoms with Gasteiger partial charge in [-0.15, -0.1) is 12.4 Å². The molecule has 0 aliphatic carbocycles. The smallest absolute Gasteiger partial charge is 0.253 e. The molecule has 1 fully saturated rings. The Labute approximate surface area is 154 Å². The Bertz CT molecular complexity index is 548. The number of halogens is 1. The number of benzene rings is 1. The third-order valence-corrected chi connectivity index (χ3v) is 4.68. The molecule has 2 amide bonds. The van der Waals surface area contributed by atoms with Crippen LogP contribution < -0.4 is 16.0 Å². The first-order valence-electron chi connectivity index (χ1n) is 8.04. The van der Waals surface area contributed by atoms with Gasteiger partial charge < -0.3 is 16.0 Å². The standard InChI is InChI=1S/C17H25N3O2S.ClH/c1-12(2)10-19-17(22)14-5-3-4-6-15(14)20-16(21)9-13-11-23-8-7-18-13;/h3-6,12-13,18H,7-11H2,1-2H3,(H,19,22)(H,20,21);1H. The molecule has 1 aromatic carbocycles. The van der Waals surface area contributed by atoms with E-state index in [0.29, 0.717) is 30.1 Å². The molecule has 1 aromatic rings. The van der Waals surface area contributed by atoms with E-state index in [4.69, 9.17) is 0 Å². The second-order valence-electron chi connectivity index (χ2n) is 6.13. The van der Waals surface area contributed by atoms with Gasteiger partial charge in [0.25, 0.3) is 5.91 Å². The Hall–Kier alpha value is -1.24. The molecule has 0 aromatic heterocycles. The minimum atomic E-state index is -0.152. The van der Waals surface area contributed by atoms with Crippen molar-refractivity contribution in [3.8, 4) is 0 Å². The van der Waals surface area contributed by atoms with Gasteiger partial charge in [-0.05, 0) is 18.1 Å². The molecule has 0 saturated carbocycles. The van der Waals surface area contributed by atoms with Crippen LogP contribution in [-0.4, -0.2) is 42.5 Å². The average molecular weight is 372 g/mol. The summed E-state index contributed by atoms with van der Waals surface area (Å²) in [5.74, 6) is 2.21. The predicted molar refractivity (Wildman–Crippen MR) is 103 cm³/mol. The Balaban J connectivity index is 0.00000288. The Morgan fingerprint density at radius 3 is 2.75 bits per heavy atom. The summed E-state index contributed by atoms with van der Waals surface area (Å²) in [5, 5.41) is 9.11. The predicted octanol–water partition coefficient (Wildman–Crippen LogP) is 2.53. The molecule has 0 bridgehead atoms. The summed E-state index contributed by atoms with van der Waals surface area (Å²) in [6, 6.07) is 7.34. The number of thioether (sulfide) groups is 1. The number of hydrogen-bond acceptors (Lipinski definition) is 4. The normalized spacial score (nSPS) is 17.0. The van der Waals surface area contributed by atoms with Gasteiger partial charge in [0, 0.05) is 37.1 Å². The van der Waals surface area contributed by atoms with Crippen molar-refractivity contribution in [1.82, 2.24) is 10.6 Å². The number of carbonyl (C=O) groups excluding carboxylic acids is 2. The molecule has 134 valence electrons. The molecule has 1 heterocycles. The summed E-state index contributed by atoms with van der Waals surface area (Å²) in [6.07, 6.45) is 0.426. The molecule has 1 aliphatic rings. The number of anilines is 1. The molecule has 5 nitrogen and oxygen atoms in total. The van der Waals surface area contributed by atoms with Crippen LogP contribution in [0.1, 0.15) is 30.6 Å². The number of para-hydroxylation sites is 1. The first-order chi connectivity index (χ1) is 11.1. The molecule has 3 N–H and O–H groups in total. The lowest BCUT2D eigenvalue weighted by Gasteiger charge is -2.22. The second-order valence-corrected chi connectivity index (χ2v) is 7.28. The Morgan fingerprint density at radius 1 is 1.33 bits per heavy atom. The van der Waals surface area contributed by atoms with E-state index in [9.17, 15) is 9.59 Å². The van der Waals surface area contributed by atoms with E-state index < -0.39 is 0 Å². The lowest BCUT2D eigenvalue weighted by molar-refractivity contribution is -0.116. The number of amides is 2. The van der Waals surface area contributed by atoms with Crippen LogP contribution in [0.2, 0.25) is 0 Å². The zero-order valence-electron chi connectivity index (χ0n) is 14.1. The molecule has 1 aliphatic heterocycles. The van der Waals surface area contributed by atoms with Gasteiger partial charge in [-0.3, -0.25) is 9.59 Å². The zero-order valence-corrected chi connectivity index (χ0v) is 15.8. The van der Waals surface area contributed by atoms with E-state index in [-0.39, 0.29) is 30.3 Å². The maximum atomic E-state index is 12.3. The van der Waals surface area contributed by atoms with Crippen molar-refractivity contribution in [3.63, 3.8) is 0 Å². The van der Waals surface area contributed by atoms with Crippen molar-refractivity contribution in [2.75, 3.05) is 29.9 Å². The fraction of sp³-hybridized carbons (Fsp3) is 0.529. The zero-order chi connectivity index (χ0) is 16.7. The van der Waals surface area contributed by atoms with Crippen LogP contribution in [0.5, 0.6) is 0 Å². The third kappa shape index (κ3) is 6.71. The first-order valence-corrected chi connectivity index (χ1v) is 9.20. The maximum Gasteiger partial charge on any atom is 0.253 e. The van der Waals surface area contributed by atoms with Crippen molar-refractivity contribution >= 4 is 41.7 Å². The van der Waals surface area contributed by atoms with E-state index >= 15 is 0 Å². The molecule has 0 spiro atoms. The highest BCUT2D eigenvalue weighted by molar-refractivity contribution is 7.99. The summed E-state index contributed by atoms with van der Waals surface area (Å²) in [4.78, 5) is 24.5. The van der Waals surface area contributed by atoms with E-state index in [1.165, 1.54) is 0 Å². The molecule has 24 heavy (non-hydrogen) atoms. The highest BCUT2D eigenvalue weighted by Crippen LogP contribution is 2.17. The van der Waals surface area contributed by atoms with Crippen LogP contribution >= 0.6 is 24.2 Å². The number of hydrogen-bond donors (Lipinski definition) is 3. The van der Waals surface area contributed by atoms with E-state index in [2.05, 4.69) is 16.0 Å². The molecule has 1 atom stereocenters. The Morgan fingerprint density at radius 2 is 2.08 bits per heavy atom.